The highest BCUT2D eigenvalue weighted by Gasteiger charge is 2.15. The van der Waals surface area contributed by atoms with Crippen LogP contribution in [0.2, 0.25) is 0 Å². The smallest absolute Gasteiger partial charge is 0.0392 e. The average Bonchev–Trinajstić information content (AvgIpc) is 2.47. The van der Waals surface area contributed by atoms with Gasteiger partial charge in [0.25, 0.3) is 0 Å². The number of nitrogens with one attached hydrogen (secondary N) is 2. The minimum absolute atomic E-state index is 0.785. The molecule has 1 aromatic rings. The van der Waals surface area contributed by atoms with Gasteiger partial charge in [0.1, 0.15) is 0 Å². The van der Waals surface area contributed by atoms with E-state index in [9.17, 15) is 0 Å². The highest BCUT2D eigenvalue weighted by atomic mass is 14.8. The molecule has 2 nitrogen and oxygen atoms in total. The maximum Gasteiger partial charge on any atom is 0.0392 e. The Bertz CT molecular complexity index is 329. The van der Waals surface area contributed by atoms with Gasteiger partial charge in [-0.2, -0.15) is 0 Å². The van der Waals surface area contributed by atoms with Gasteiger partial charge in [-0.05, 0) is 36.1 Å². The molecule has 2 heteroatoms. The monoisotopic (exact) mass is 160 g/mol. The zero-order valence-electron chi connectivity index (χ0n) is 7.15. The third kappa shape index (κ3) is 0.998. The number of aryl methyl sites for hydroxylation is 1. The number of fused-ring (bicyclic) bond motifs is 1. The highest BCUT2D eigenvalue weighted by Crippen LogP contribution is 2.24. The van der Waals surface area contributed by atoms with Gasteiger partial charge >= 0.3 is 0 Å². The Balaban J connectivity index is 2.48. The quantitative estimate of drug-likeness (QED) is 0.648. The van der Waals surface area contributed by atoms with Crippen molar-refractivity contribution < 1.29 is 0 Å². The first-order valence-electron chi connectivity index (χ1n) is 4.20. The molecule has 0 aromatic heterocycles. The fraction of sp³-hybridized carbons (Fsp3) is 0.300. The first-order chi connectivity index (χ1) is 5.81. The predicted octanol–water partition coefficient (Wildman–Crippen LogP) is 2.04. The maximum absolute atomic E-state index is 7.64. The van der Waals surface area contributed by atoms with Crippen LogP contribution in [0, 0.1) is 5.41 Å². The van der Waals surface area contributed by atoms with Crippen LogP contribution in [0.1, 0.15) is 17.5 Å². The summed E-state index contributed by atoms with van der Waals surface area (Å²) in [5, 5.41) is 10.7. The summed E-state index contributed by atoms with van der Waals surface area (Å²) in [6, 6.07) is 6.20. The van der Waals surface area contributed by atoms with E-state index in [-0.39, 0.29) is 0 Å². The van der Waals surface area contributed by atoms with Crippen molar-refractivity contribution in [1.29, 1.82) is 5.41 Å². The van der Waals surface area contributed by atoms with Crippen LogP contribution < -0.4 is 5.32 Å². The number of rotatable bonds is 1. The second-order valence-corrected chi connectivity index (χ2v) is 3.10. The Morgan fingerprint density at radius 2 is 2.17 bits per heavy atom. The van der Waals surface area contributed by atoms with Crippen molar-refractivity contribution in [3.8, 4) is 0 Å². The van der Waals surface area contributed by atoms with Gasteiger partial charge in [0, 0.05) is 18.4 Å². The summed E-state index contributed by atoms with van der Waals surface area (Å²) < 4.78 is 0. The van der Waals surface area contributed by atoms with Crippen molar-refractivity contribution in [2.75, 3.05) is 12.4 Å². The summed E-state index contributed by atoms with van der Waals surface area (Å²) in [5.74, 6) is 0. The topological polar surface area (TPSA) is 35.9 Å². The van der Waals surface area contributed by atoms with E-state index in [0.717, 1.165) is 29.8 Å². The summed E-state index contributed by atoms with van der Waals surface area (Å²) in [6.45, 7) is 0. The number of benzene rings is 1. The molecule has 0 aliphatic heterocycles. The Kier molecular flexibility index (Phi) is 1.61. The average molecular weight is 160 g/mol. The molecule has 0 atom stereocenters. The summed E-state index contributed by atoms with van der Waals surface area (Å²) in [6.07, 6.45) is 1.94. The maximum atomic E-state index is 7.64. The Labute approximate surface area is 72.1 Å². The first-order valence-corrected chi connectivity index (χ1v) is 4.20. The fourth-order valence-electron chi connectivity index (χ4n) is 1.64. The van der Waals surface area contributed by atoms with Gasteiger partial charge in [-0.15, -0.1) is 0 Å². The van der Waals surface area contributed by atoms with E-state index >= 15 is 0 Å². The van der Waals surface area contributed by atoms with Crippen molar-refractivity contribution in [2.45, 2.75) is 12.8 Å². The molecule has 1 aliphatic carbocycles. The number of hydrogen-bond acceptors (Lipinski definition) is 2. The van der Waals surface area contributed by atoms with E-state index in [4.69, 9.17) is 5.41 Å². The molecular formula is C10H12N2. The zero-order chi connectivity index (χ0) is 8.55. The lowest BCUT2D eigenvalue weighted by Crippen LogP contribution is -1.93. The second kappa shape index (κ2) is 2.63. The molecule has 0 amide bonds. The summed E-state index contributed by atoms with van der Waals surface area (Å²) in [5.41, 5.74) is 4.37. The van der Waals surface area contributed by atoms with Crippen molar-refractivity contribution in [3.05, 3.63) is 29.3 Å². The van der Waals surface area contributed by atoms with Gasteiger partial charge in [-0.1, -0.05) is 6.07 Å². The molecule has 0 fully saturated rings. The van der Waals surface area contributed by atoms with Crippen LogP contribution in [0.4, 0.5) is 5.69 Å². The first kappa shape index (κ1) is 7.35. The molecule has 0 bridgehead atoms. The minimum Gasteiger partial charge on any atom is -0.388 e. The highest BCUT2D eigenvalue weighted by molar-refractivity contribution is 6.02. The van der Waals surface area contributed by atoms with Crippen LogP contribution >= 0.6 is 0 Å². The van der Waals surface area contributed by atoms with Gasteiger partial charge < -0.3 is 10.7 Å². The summed E-state index contributed by atoms with van der Waals surface area (Å²) in [4.78, 5) is 0. The number of anilines is 1. The van der Waals surface area contributed by atoms with E-state index in [1.807, 2.05) is 19.2 Å². The van der Waals surface area contributed by atoms with Gasteiger partial charge in [-0.25, -0.2) is 0 Å². The Morgan fingerprint density at radius 3 is 2.92 bits per heavy atom. The predicted molar refractivity (Wildman–Crippen MR) is 51.1 cm³/mol. The van der Waals surface area contributed by atoms with Crippen molar-refractivity contribution in [3.63, 3.8) is 0 Å². The van der Waals surface area contributed by atoms with Crippen molar-refractivity contribution in [2.24, 2.45) is 0 Å². The van der Waals surface area contributed by atoms with E-state index in [2.05, 4.69) is 11.4 Å². The molecule has 1 aromatic carbocycles. The lowest BCUT2D eigenvalue weighted by atomic mass is 10.1. The molecule has 62 valence electrons. The third-order valence-corrected chi connectivity index (χ3v) is 2.36. The molecule has 2 rings (SSSR count). The van der Waals surface area contributed by atoms with Crippen LogP contribution in [-0.4, -0.2) is 12.8 Å². The van der Waals surface area contributed by atoms with Crippen LogP contribution in [0.15, 0.2) is 18.2 Å². The Hall–Kier alpha value is -1.31. The number of hydrogen-bond donors (Lipinski definition) is 2. The molecule has 0 spiro atoms. The molecular weight excluding hydrogens is 148 g/mol. The molecule has 1 aliphatic rings. The molecule has 12 heavy (non-hydrogen) atoms. The Morgan fingerprint density at radius 1 is 1.33 bits per heavy atom. The zero-order valence-corrected chi connectivity index (χ0v) is 7.15. The molecule has 0 unspecified atom stereocenters. The largest absolute Gasteiger partial charge is 0.388 e. The van der Waals surface area contributed by atoms with Gasteiger partial charge in [0.2, 0.25) is 0 Å². The van der Waals surface area contributed by atoms with E-state index in [1.165, 1.54) is 5.56 Å². The van der Waals surface area contributed by atoms with Gasteiger partial charge in [0.15, 0.2) is 0 Å². The van der Waals surface area contributed by atoms with E-state index in [1.54, 1.807) is 0 Å². The van der Waals surface area contributed by atoms with Crippen LogP contribution in [-0.2, 0) is 6.42 Å². The van der Waals surface area contributed by atoms with E-state index < -0.39 is 0 Å². The fourth-order valence-corrected chi connectivity index (χ4v) is 1.64. The van der Waals surface area contributed by atoms with Crippen molar-refractivity contribution in [1.82, 2.24) is 0 Å². The molecule has 0 saturated heterocycles. The lowest BCUT2D eigenvalue weighted by Gasteiger charge is -2.02. The lowest BCUT2D eigenvalue weighted by molar-refractivity contribution is 1.09. The van der Waals surface area contributed by atoms with Crippen molar-refractivity contribution >= 4 is 11.4 Å². The molecule has 0 radical (unpaired) electrons. The normalized spacial score (nSPS) is 14.6. The summed E-state index contributed by atoms with van der Waals surface area (Å²) in [7, 11) is 1.92. The minimum atomic E-state index is 0.785. The van der Waals surface area contributed by atoms with Crippen LogP contribution in [0.25, 0.3) is 0 Å². The summed E-state index contributed by atoms with van der Waals surface area (Å²) >= 11 is 0. The molecule has 0 saturated carbocycles. The standard InChI is InChI=1S/C10H12N2/c1-12-8-3-4-9-7(6-8)2-5-10(9)11/h3-4,6,11-12H,2,5H2,1H3. The van der Waals surface area contributed by atoms with Crippen LogP contribution in [0.5, 0.6) is 0 Å². The van der Waals surface area contributed by atoms with E-state index in [0.29, 0.717) is 0 Å². The molecule has 2 N–H and O–H groups in total. The molecule has 0 heterocycles. The van der Waals surface area contributed by atoms with Gasteiger partial charge in [-0.3, -0.25) is 0 Å². The SMILES string of the molecule is CNc1ccc2c(c1)CCC2=N. The third-order valence-electron chi connectivity index (χ3n) is 2.36. The van der Waals surface area contributed by atoms with Gasteiger partial charge in [0.05, 0.1) is 0 Å². The second-order valence-electron chi connectivity index (χ2n) is 3.10. The van der Waals surface area contributed by atoms with Crippen LogP contribution in [0.3, 0.4) is 0 Å².